The van der Waals surface area contributed by atoms with Gasteiger partial charge in [0, 0.05) is 37.6 Å². The molecule has 1 N–H and O–H groups in total. The average molecular weight is 253 g/mol. The lowest BCUT2D eigenvalue weighted by Gasteiger charge is -2.52. The van der Waals surface area contributed by atoms with Gasteiger partial charge in [-0.15, -0.1) is 0 Å². The van der Waals surface area contributed by atoms with E-state index in [0.29, 0.717) is 10.7 Å². The Hall–Kier alpha value is -0.710. The molecule has 2 fully saturated rings. The van der Waals surface area contributed by atoms with Gasteiger partial charge >= 0.3 is 0 Å². The van der Waals surface area contributed by atoms with Crippen LogP contribution in [0.5, 0.6) is 0 Å². The minimum atomic E-state index is 0.326. The van der Waals surface area contributed by atoms with Crippen molar-refractivity contribution in [3.8, 4) is 0 Å². The lowest BCUT2D eigenvalue weighted by Crippen LogP contribution is -2.59. The van der Waals surface area contributed by atoms with Crippen LogP contribution in [0.25, 0.3) is 0 Å². The van der Waals surface area contributed by atoms with Crippen LogP contribution in [0.15, 0.2) is 12.4 Å². The van der Waals surface area contributed by atoms with Crippen LogP contribution in [0.2, 0.25) is 5.28 Å². The molecular weight excluding hydrogens is 236 g/mol. The van der Waals surface area contributed by atoms with Crippen molar-refractivity contribution in [2.24, 2.45) is 5.41 Å². The second-order valence-corrected chi connectivity index (χ2v) is 5.59. The fourth-order valence-electron chi connectivity index (χ4n) is 2.97. The monoisotopic (exact) mass is 252 g/mol. The molecule has 3 rings (SSSR count). The summed E-state index contributed by atoms with van der Waals surface area (Å²) in [4.78, 5) is 10.5. The van der Waals surface area contributed by atoms with Crippen LogP contribution in [-0.2, 0) is 6.54 Å². The Morgan fingerprint density at radius 2 is 1.88 bits per heavy atom. The molecule has 0 bridgehead atoms. The van der Waals surface area contributed by atoms with Gasteiger partial charge in [-0.05, 0) is 42.9 Å². The number of halogens is 1. The minimum absolute atomic E-state index is 0.326. The fourth-order valence-corrected chi connectivity index (χ4v) is 3.06. The first kappa shape index (κ1) is 11.4. The molecule has 92 valence electrons. The molecule has 1 spiro atoms. The van der Waals surface area contributed by atoms with E-state index >= 15 is 0 Å². The van der Waals surface area contributed by atoms with Crippen molar-refractivity contribution in [2.45, 2.75) is 19.4 Å². The zero-order chi connectivity index (χ0) is 11.7. The van der Waals surface area contributed by atoms with Gasteiger partial charge in [0.05, 0.1) is 0 Å². The van der Waals surface area contributed by atoms with E-state index in [1.807, 2.05) is 12.4 Å². The molecule has 4 nitrogen and oxygen atoms in total. The molecule has 0 aliphatic carbocycles. The lowest BCUT2D eigenvalue weighted by atomic mass is 9.72. The number of likely N-dealkylation sites (tertiary alicyclic amines) is 1. The van der Waals surface area contributed by atoms with E-state index in [4.69, 9.17) is 11.6 Å². The maximum atomic E-state index is 5.67. The van der Waals surface area contributed by atoms with Crippen molar-refractivity contribution >= 4 is 11.6 Å². The second kappa shape index (κ2) is 4.52. The summed E-state index contributed by atoms with van der Waals surface area (Å²) in [5.74, 6) is 0. The summed E-state index contributed by atoms with van der Waals surface area (Å²) >= 11 is 5.67. The molecule has 0 saturated carbocycles. The Labute approximate surface area is 106 Å². The Balaban J connectivity index is 1.54. The highest BCUT2D eigenvalue weighted by molar-refractivity contribution is 6.28. The molecule has 0 amide bonds. The Kier molecular flexibility index (Phi) is 3.03. The predicted molar refractivity (Wildman–Crippen MR) is 66.9 cm³/mol. The van der Waals surface area contributed by atoms with Gasteiger partial charge in [-0.25, -0.2) is 9.97 Å². The number of hydrogen-bond acceptors (Lipinski definition) is 4. The number of hydrogen-bond donors (Lipinski definition) is 1. The van der Waals surface area contributed by atoms with E-state index in [2.05, 4.69) is 20.2 Å². The summed E-state index contributed by atoms with van der Waals surface area (Å²) in [5, 5.41) is 3.75. The Bertz CT molecular complexity index is 378. The summed E-state index contributed by atoms with van der Waals surface area (Å²) < 4.78 is 0. The smallest absolute Gasteiger partial charge is 0.222 e. The molecule has 17 heavy (non-hydrogen) atoms. The molecule has 0 atom stereocenters. The third-order valence-corrected chi connectivity index (χ3v) is 4.06. The van der Waals surface area contributed by atoms with Crippen LogP contribution in [0, 0.1) is 5.41 Å². The number of nitrogens with one attached hydrogen (secondary N) is 1. The van der Waals surface area contributed by atoms with Gasteiger partial charge in [0.1, 0.15) is 0 Å². The number of rotatable bonds is 2. The predicted octanol–water partition coefficient (Wildman–Crippen LogP) is 1.32. The Morgan fingerprint density at radius 1 is 1.24 bits per heavy atom. The molecule has 2 aliphatic heterocycles. The summed E-state index contributed by atoms with van der Waals surface area (Å²) in [6.45, 7) is 5.75. The molecule has 2 saturated heterocycles. The van der Waals surface area contributed by atoms with Crippen molar-refractivity contribution < 1.29 is 0 Å². The zero-order valence-corrected chi connectivity index (χ0v) is 10.6. The van der Waals surface area contributed by atoms with E-state index in [1.165, 1.54) is 39.0 Å². The van der Waals surface area contributed by atoms with Gasteiger partial charge in [0.2, 0.25) is 5.28 Å². The maximum absolute atomic E-state index is 5.67. The first-order chi connectivity index (χ1) is 8.26. The second-order valence-electron chi connectivity index (χ2n) is 5.26. The first-order valence-corrected chi connectivity index (χ1v) is 6.53. The summed E-state index contributed by atoms with van der Waals surface area (Å²) in [5.41, 5.74) is 1.75. The molecule has 0 radical (unpaired) electrons. The van der Waals surface area contributed by atoms with Crippen LogP contribution in [-0.4, -0.2) is 41.0 Å². The highest BCUT2D eigenvalue weighted by Crippen LogP contribution is 2.39. The van der Waals surface area contributed by atoms with Gasteiger partial charge < -0.3 is 5.32 Å². The van der Waals surface area contributed by atoms with Crippen molar-refractivity contribution in [1.29, 1.82) is 0 Å². The molecule has 2 aliphatic rings. The standard InChI is InChI=1S/C12H17ClN4/c13-11-15-5-10(6-16-11)7-17-8-12(9-17)1-3-14-4-2-12/h5-6,14H,1-4,7-9H2. The average Bonchev–Trinajstić information content (AvgIpc) is 2.31. The van der Waals surface area contributed by atoms with Crippen molar-refractivity contribution in [3.05, 3.63) is 23.2 Å². The van der Waals surface area contributed by atoms with Gasteiger partial charge in [-0.2, -0.15) is 0 Å². The van der Waals surface area contributed by atoms with Gasteiger partial charge in [-0.1, -0.05) is 0 Å². The number of piperidine rings is 1. The molecule has 3 heterocycles. The summed E-state index contributed by atoms with van der Waals surface area (Å²) in [7, 11) is 0. The highest BCUT2D eigenvalue weighted by atomic mass is 35.5. The minimum Gasteiger partial charge on any atom is -0.317 e. The van der Waals surface area contributed by atoms with Gasteiger partial charge in [0.15, 0.2) is 0 Å². The van der Waals surface area contributed by atoms with E-state index in [-0.39, 0.29) is 0 Å². The highest BCUT2D eigenvalue weighted by Gasteiger charge is 2.42. The molecule has 0 aromatic carbocycles. The van der Waals surface area contributed by atoms with Crippen molar-refractivity contribution in [2.75, 3.05) is 26.2 Å². The van der Waals surface area contributed by atoms with E-state index in [9.17, 15) is 0 Å². The SMILES string of the molecule is Clc1ncc(CN2CC3(CCNCC3)C2)cn1. The molecule has 0 unspecified atom stereocenters. The van der Waals surface area contributed by atoms with Crippen LogP contribution < -0.4 is 5.32 Å². The van der Waals surface area contributed by atoms with Crippen LogP contribution >= 0.6 is 11.6 Å². The Morgan fingerprint density at radius 3 is 2.53 bits per heavy atom. The van der Waals surface area contributed by atoms with Crippen LogP contribution in [0.3, 0.4) is 0 Å². The lowest BCUT2D eigenvalue weighted by molar-refractivity contribution is -0.0283. The van der Waals surface area contributed by atoms with E-state index in [0.717, 1.165) is 12.1 Å². The quantitative estimate of drug-likeness (QED) is 0.806. The largest absolute Gasteiger partial charge is 0.317 e. The summed E-state index contributed by atoms with van der Waals surface area (Å²) in [6, 6.07) is 0. The van der Waals surface area contributed by atoms with Gasteiger partial charge in [-0.3, -0.25) is 4.90 Å². The third kappa shape index (κ3) is 2.44. The normalized spacial score (nSPS) is 23.6. The van der Waals surface area contributed by atoms with Gasteiger partial charge in [0.25, 0.3) is 0 Å². The fraction of sp³-hybridized carbons (Fsp3) is 0.667. The van der Waals surface area contributed by atoms with Crippen LogP contribution in [0.4, 0.5) is 0 Å². The van der Waals surface area contributed by atoms with Crippen molar-refractivity contribution in [1.82, 2.24) is 20.2 Å². The topological polar surface area (TPSA) is 41.1 Å². The van der Waals surface area contributed by atoms with Crippen molar-refractivity contribution in [3.63, 3.8) is 0 Å². The van der Waals surface area contributed by atoms with Crippen LogP contribution in [0.1, 0.15) is 18.4 Å². The molecule has 1 aromatic rings. The zero-order valence-electron chi connectivity index (χ0n) is 9.82. The maximum Gasteiger partial charge on any atom is 0.222 e. The number of aromatic nitrogens is 2. The number of nitrogens with zero attached hydrogens (tertiary/aromatic N) is 3. The third-order valence-electron chi connectivity index (χ3n) is 3.86. The molecule has 1 aromatic heterocycles. The van der Waals surface area contributed by atoms with E-state index < -0.39 is 0 Å². The molecule has 5 heteroatoms. The van der Waals surface area contributed by atoms with E-state index in [1.54, 1.807) is 0 Å². The molecular formula is C12H17ClN4. The first-order valence-electron chi connectivity index (χ1n) is 6.15. The summed E-state index contributed by atoms with van der Waals surface area (Å²) in [6.07, 6.45) is 6.28.